The maximum Gasteiger partial charge on any atom is 0.339 e. The Balaban J connectivity index is 1.05. The van der Waals surface area contributed by atoms with Crippen LogP contribution in [0.5, 0.6) is 0 Å². The molecule has 0 N–H and O–H groups in total. The van der Waals surface area contributed by atoms with Crippen LogP contribution in [0.1, 0.15) is 31.1 Å². The summed E-state index contributed by atoms with van der Waals surface area (Å²) >= 11 is 0.951. The highest BCUT2D eigenvalue weighted by molar-refractivity contribution is 8.00. The zero-order valence-corrected chi connectivity index (χ0v) is 28.7. The summed E-state index contributed by atoms with van der Waals surface area (Å²) < 4.78 is 33.2. The molecule has 0 aliphatic carbocycles. The predicted molar refractivity (Wildman–Crippen MR) is 201 cm³/mol. The Hall–Kier alpha value is -5.99. The minimum atomic E-state index is -1.89. The van der Waals surface area contributed by atoms with Gasteiger partial charge in [0.05, 0.1) is 21.9 Å². The number of hydrogen-bond donors (Lipinski definition) is 0. The number of thioether (sulfide) groups is 1. The molecular weight excluding hydrogens is 676 g/mol. The van der Waals surface area contributed by atoms with Crippen molar-refractivity contribution in [2.45, 2.75) is 23.0 Å². The van der Waals surface area contributed by atoms with Gasteiger partial charge in [0.15, 0.2) is 17.7 Å². The fraction of sp³-hybridized carbons (Fsp3) is 0.114. The van der Waals surface area contributed by atoms with Crippen LogP contribution in [0.3, 0.4) is 0 Å². The molecule has 1 heterocycles. The highest BCUT2D eigenvalue weighted by Gasteiger charge is 2.50. The van der Waals surface area contributed by atoms with E-state index >= 15 is 4.39 Å². The fourth-order valence-electron chi connectivity index (χ4n) is 5.95. The van der Waals surface area contributed by atoms with Crippen LogP contribution in [0, 0.1) is 0 Å². The Kier molecular flexibility index (Phi) is 10.5. The first-order valence-electron chi connectivity index (χ1n) is 16.8. The SMILES string of the molecule is O=C(OC[C@@H]1SC(OC(=O)c2ccc(-c3ccccc3)cc2)[C@@H](F)[C@@H]1OC(=O)c1ccc(-c2ccccc2)cc1)c1ccc(-c2ccccc2)cc1. The summed E-state index contributed by atoms with van der Waals surface area (Å²) in [5.41, 5.74) is 5.20. The van der Waals surface area contributed by atoms with Crippen LogP contribution < -0.4 is 0 Å². The fourth-order valence-corrected chi connectivity index (χ4v) is 7.25. The van der Waals surface area contributed by atoms with E-state index in [1.807, 2.05) is 103 Å². The molecule has 6 aromatic rings. The molecule has 1 unspecified atom stereocenters. The third-order valence-electron chi connectivity index (χ3n) is 8.78. The number of benzene rings is 6. The lowest BCUT2D eigenvalue weighted by atomic mass is 10.0. The molecule has 1 aliphatic heterocycles. The molecule has 0 amide bonds. The largest absolute Gasteiger partial charge is 0.461 e. The molecule has 0 radical (unpaired) electrons. The molecule has 8 heteroatoms. The average Bonchev–Trinajstić information content (AvgIpc) is 3.50. The van der Waals surface area contributed by atoms with Crippen molar-refractivity contribution in [2.75, 3.05) is 6.61 Å². The van der Waals surface area contributed by atoms with E-state index in [4.69, 9.17) is 14.2 Å². The number of esters is 3. The molecule has 0 spiro atoms. The number of halogens is 1. The van der Waals surface area contributed by atoms with Gasteiger partial charge < -0.3 is 14.2 Å². The van der Waals surface area contributed by atoms with E-state index in [0.29, 0.717) is 5.56 Å². The Labute approximate surface area is 305 Å². The second-order valence-electron chi connectivity index (χ2n) is 12.2. The van der Waals surface area contributed by atoms with Crippen molar-refractivity contribution < 1.29 is 33.0 Å². The van der Waals surface area contributed by atoms with Gasteiger partial charge in [-0.1, -0.05) is 127 Å². The molecule has 1 fully saturated rings. The first-order valence-corrected chi connectivity index (χ1v) is 17.7. The van der Waals surface area contributed by atoms with Gasteiger partial charge in [-0.2, -0.15) is 0 Å². The van der Waals surface area contributed by atoms with E-state index in [2.05, 4.69) is 0 Å². The minimum absolute atomic E-state index is 0.227. The normalized spacial score (nSPS) is 17.9. The first-order chi connectivity index (χ1) is 25.4. The number of rotatable bonds is 10. The predicted octanol–water partition coefficient (Wildman–Crippen LogP) is 9.71. The van der Waals surface area contributed by atoms with Crippen molar-refractivity contribution in [3.8, 4) is 33.4 Å². The van der Waals surface area contributed by atoms with Crippen LogP contribution in [-0.2, 0) is 14.2 Å². The maximum absolute atomic E-state index is 16.2. The summed E-state index contributed by atoms with van der Waals surface area (Å²) in [4.78, 5) is 39.6. The second kappa shape index (κ2) is 15.9. The summed E-state index contributed by atoms with van der Waals surface area (Å²) in [7, 11) is 0. The third-order valence-corrected chi connectivity index (χ3v) is 10.2. The third kappa shape index (κ3) is 7.98. The number of hydrogen-bond acceptors (Lipinski definition) is 7. The van der Waals surface area contributed by atoms with Crippen molar-refractivity contribution in [2.24, 2.45) is 0 Å². The zero-order valence-electron chi connectivity index (χ0n) is 27.8. The van der Waals surface area contributed by atoms with Crippen LogP contribution >= 0.6 is 11.8 Å². The van der Waals surface area contributed by atoms with Crippen molar-refractivity contribution in [3.63, 3.8) is 0 Å². The van der Waals surface area contributed by atoms with Gasteiger partial charge in [-0.25, -0.2) is 18.8 Å². The molecule has 0 aromatic heterocycles. The highest BCUT2D eigenvalue weighted by Crippen LogP contribution is 2.40. The van der Waals surface area contributed by atoms with Gasteiger partial charge in [0.25, 0.3) is 0 Å². The van der Waals surface area contributed by atoms with Crippen molar-refractivity contribution in [1.82, 2.24) is 0 Å². The van der Waals surface area contributed by atoms with Crippen LogP contribution in [0.15, 0.2) is 164 Å². The van der Waals surface area contributed by atoms with Gasteiger partial charge >= 0.3 is 17.9 Å². The lowest BCUT2D eigenvalue weighted by Crippen LogP contribution is -2.37. The van der Waals surface area contributed by atoms with Crippen molar-refractivity contribution >= 4 is 29.7 Å². The molecule has 0 saturated carbocycles. The number of alkyl halides is 1. The highest BCUT2D eigenvalue weighted by atomic mass is 32.2. The van der Waals surface area contributed by atoms with Gasteiger partial charge in [-0.3, -0.25) is 0 Å². The molecule has 6 aromatic carbocycles. The second-order valence-corrected chi connectivity index (χ2v) is 13.5. The topological polar surface area (TPSA) is 78.9 Å². The summed E-state index contributed by atoms with van der Waals surface area (Å²) in [6.45, 7) is -0.283. The molecule has 6 nitrogen and oxygen atoms in total. The van der Waals surface area contributed by atoms with Crippen LogP contribution in [0.4, 0.5) is 4.39 Å². The monoisotopic (exact) mass is 708 g/mol. The number of carbonyl (C=O) groups is 3. The zero-order chi connectivity index (χ0) is 35.9. The van der Waals surface area contributed by atoms with Crippen molar-refractivity contribution in [1.29, 1.82) is 0 Å². The number of ether oxygens (including phenoxy) is 3. The van der Waals surface area contributed by atoms with E-state index in [1.54, 1.807) is 60.7 Å². The lowest BCUT2D eigenvalue weighted by molar-refractivity contribution is -0.0186. The molecular formula is C44H33FO6S. The van der Waals surface area contributed by atoms with E-state index < -0.39 is 40.9 Å². The van der Waals surface area contributed by atoms with E-state index in [1.165, 1.54) is 0 Å². The minimum Gasteiger partial charge on any atom is -0.461 e. The first kappa shape index (κ1) is 34.5. The smallest absolute Gasteiger partial charge is 0.339 e. The summed E-state index contributed by atoms with van der Waals surface area (Å²) in [6, 6.07) is 49.7. The van der Waals surface area contributed by atoms with Crippen molar-refractivity contribution in [3.05, 3.63) is 180 Å². The summed E-state index contributed by atoms with van der Waals surface area (Å²) in [5, 5.41) is -0.853. The Morgan fingerprint density at radius 1 is 0.462 bits per heavy atom. The maximum atomic E-state index is 16.2. The Morgan fingerprint density at radius 2 is 0.808 bits per heavy atom. The van der Waals surface area contributed by atoms with Crippen LogP contribution in [0.25, 0.3) is 33.4 Å². The Morgan fingerprint density at radius 3 is 1.21 bits per heavy atom. The number of carbonyl (C=O) groups excluding carboxylic acids is 3. The standard InChI is InChI=1S/C44H33FO6S/c45-39-40(50-42(47)36-24-18-33(19-25-36)30-12-6-2-7-13-30)38(28-49-41(46)35-22-16-32(17-23-35)29-10-4-1-5-11-29)52-44(39)51-43(48)37-26-20-34(21-27-37)31-14-8-3-9-15-31/h1-27,38-40,44H,28H2/t38-,39-,40+,44?/m0/s1. The quantitative estimate of drug-likeness (QED) is 0.104. The van der Waals surface area contributed by atoms with Gasteiger partial charge in [-0.15, -0.1) is 11.8 Å². The molecule has 0 bridgehead atoms. The van der Waals surface area contributed by atoms with E-state index in [9.17, 15) is 14.4 Å². The average molecular weight is 709 g/mol. The van der Waals surface area contributed by atoms with Gasteiger partial charge in [0.1, 0.15) is 6.61 Å². The lowest BCUT2D eigenvalue weighted by Gasteiger charge is -2.20. The molecule has 258 valence electrons. The molecule has 52 heavy (non-hydrogen) atoms. The van der Waals surface area contributed by atoms with Gasteiger partial charge in [-0.05, 0) is 69.8 Å². The molecule has 1 saturated heterocycles. The Bertz CT molecular complexity index is 2120. The summed E-state index contributed by atoms with van der Waals surface area (Å²) in [5.74, 6) is -2.09. The van der Waals surface area contributed by atoms with E-state index in [0.717, 1.165) is 45.1 Å². The molecule has 4 atom stereocenters. The summed E-state index contributed by atoms with van der Waals surface area (Å²) in [6.07, 6.45) is -3.25. The van der Waals surface area contributed by atoms with Gasteiger partial charge in [0.2, 0.25) is 0 Å². The van der Waals surface area contributed by atoms with Gasteiger partial charge in [0, 0.05) is 0 Å². The molecule has 7 rings (SSSR count). The molecule has 1 aliphatic rings. The van der Waals surface area contributed by atoms with Crippen LogP contribution in [0.2, 0.25) is 0 Å². The van der Waals surface area contributed by atoms with Crippen LogP contribution in [-0.4, -0.2) is 47.5 Å². The van der Waals surface area contributed by atoms with E-state index in [-0.39, 0.29) is 17.7 Å².